The van der Waals surface area contributed by atoms with Crippen molar-refractivity contribution in [2.45, 2.75) is 58.4 Å². The lowest BCUT2D eigenvalue weighted by atomic mass is 10.2. The third kappa shape index (κ3) is 5.76. The summed E-state index contributed by atoms with van der Waals surface area (Å²) in [5, 5.41) is 0. The summed E-state index contributed by atoms with van der Waals surface area (Å²) in [7, 11) is -3.59. The van der Waals surface area contributed by atoms with Crippen molar-refractivity contribution in [3.05, 3.63) is 52.8 Å². The number of carbonyl (C=O) groups excluding carboxylic acids is 1. The van der Waals surface area contributed by atoms with Gasteiger partial charge >= 0.3 is 0 Å². The summed E-state index contributed by atoms with van der Waals surface area (Å²) < 4.78 is 36.0. The highest BCUT2D eigenvalue weighted by Crippen LogP contribution is 2.24. The molecule has 0 aliphatic rings. The van der Waals surface area contributed by atoms with Crippen LogP contribution >= 0.6 is 11.3 Å². The number of rotatable bonds is 11. The van der Waals surface area contributed by atoms with E-state index in [2.05, 4.69) is 11.9 Å². The molecule has 9 heteroatoms. The molecule has 0 fully saturated rings. The highest BCUT2D eigenvalue weighted by Gasteiger charge is 2.22. The van der Waals surface area contributed by atoms with Crippen molar-refractivity contribution in [3.8, 4) is 5.75 Å². The molecule has 1 aromatic heterocycles. The van der Waals surface area contributed by atoms with Crippen LogP contribution in [0.25, 0.3) is 10.2 Å². The van der Waals surface area contributed by atoms with Crippen molar-refractivity contribution in [1.82, 2.24) is 8.87 Å². The Hall–Kier alpha value is -2.49. The Balaban J connectivity index is 1.93. The first-order valence-electron chi connectivity index (χ1n) is 11.8. The number of hydrogen-bond donors (Lipinski definition) is 0. The van der Waals surface area contributed by atoms with Crippen LogP contribution in [0.1, 0.15) is 57.3 Å². The molecule has 0 atom stereocenters. The summed E-state index contributed by atoms with van der Waals surface area (Å²) in [6.07, 6.45) is 2.63. The lowest BCUT2D eigenvalue weighted by Crippen LogP contribution is -2.31. The third-order valence-corrected chi connectivity index (χ3v) is 8.49. The van der Waals surface area contributed by atoms with E-state index in [1.54, 1.807) is 0 Å². The second-order valence-electron chi connectivity index (χ2n) is 7.89. The fourth-order valence-corrected chi connectivity index (χ4v) is 6.26. The van der Waals surface area contributed by atoms with E-state index in [1.165, 1.54) is 39.9 Å². The molecule has 0 bridgehead atoms. The van der Waals surface area contributed by atoms with Crippen LogP contribution in [0.4, 0.5) is 0 Å². The summed E-state index contributed by atoms with van der Waals surface area (Å²) >= 11 is 1.44. The smallest absolute Gasteiger partial charge is 0.279 e. The molecule has 2 aromatic carbocycles. The molecule has 34 heavy (non-hydrogen) atoms. The van der Waals surface area contributed by atoms with E-state index in [9.17, 15) is 13.2 Å². The maximum atomic E-state index is 13.0. The number of hydrogen-bond acceptors (Lipinski definition) is 5. The van der Waals surface area contributed by atoms with Gasteiger partial charge in [0.15, 0.2) is 4.80 Å². The largest absolute Gasteiger partial charge is 0.494 e. The molecule has 1 amide bonds. The molecule has 184 valence electrons. The van der Waals surface area contributed by atoms with Gasteiger partial charge in [-0.3, -0.25) is 4.79 Å². The molecule has 3 aromatic rings. The van der Waals surface area contributed by atoms with E-state index in [0.29, 0.717) is 30.1 Å². The molecular weight excluding hydrogens is 470 g/mol. The van der Waals surface area contributed by atoms with Crippen LogP contribution in [0.5, 0.6) is 5.75 Å². The van der Waals surface area contributed by atoms with Gasteiger partial charge in [-0.2, -0.15) is 9.30 Å². The van der Waals surface area contributed by atoms with Crippen molar-refractivity contribution in [3.63, 3.8) is 0 Å². The second kappa shape index (κ2) is 11.8. The van der Waals surface area contributed by atoms with Gasteiger partial charge in [0.1, 0.15) is 5.75 Å². The Labute approximate surface area is 205 Å². The van der Waals surface area contributed by atoms with Crippen molar-refractivity contribution >= 4 is 37.5 Å². The molecule has 0 unspecified atom stereocenters. The standard InChI is InChI=1S/C25H33N3O4S2/c1-5-9-17-27(7-3)34(30,31)21-13-10-19(11-14-21)24(29)26-25-28(16-6-2)22-15-12-20(32-8-4)18-23(22)33-25/h10-15,18H,5-9,16-17H2,1-4H3. The molecule has 0 saturated heterocycles. The van der Waals surface area contributed by atoms with Crippen LogP contribution in [0.3, 0.4) is 0 Å². The lowest BCUT2D eigenvalue weighted by molar-refractivity contribution is 0.0997. The number of sulfonamides is 1. The molecular formula is C25H33N3O4S2. The number of ether oxygens (including phenoxy) is 1. The van der Waals surface area contributed by atoms with E-state index in [-0.39, 0.29) is 4.90 Å². The minimum absolute atomic E-state index is 0.188. The van der Waals surface area contributed by atoms with Crippen LogP contribution in [-0.4, -0.2) is 42.9 Å². The number of carbonyl (C=O) groups is 1. The fourth-order valence-electron chi connectivity index (χ4n) is 3.69. The maximum Gasteiger partial charge on any atom is 0.279 e. The number of thiazole rings is 1. The first-order valence-corrected chi connectivity index (χ1v) is 14.1. The molecule has 0 saturated carbocycles. The molecule has 7 nitrogen and oxygen atoms in total. The topological polar surface area (TPSA) is 81.0 Å². The Morgan fingerprint density at radius 3 is 2.41 bits per heavy atom. The Kier molecular flexibility index (Phi) is 9.04. The second-order valence-corrected chi connectivity index (χ2v) is 10.8. The number of aromatic nitrogens is 1. The summed E-state index contributed by atoms with van der Waals surface area (Å²) in [6.45, 7) is 10.1. The van der Waals surface area contributed by atoms with Gasteiger partial charge in [-0.05, 0) is 62.2 Å². The zero-order chi connectivity index (χ0) is 24.7. The quantitative estimate of drug-likeness (QED) is 0.366. The van der Waals surface area contributed by atoms with E-state index >= 15 is 0 Å². The van der Waals surface area contributed by atoms with Gasteiger partial charge < -0.3 is 9.30 Å². The molecule has 0 spiro atoms. The van der Waals surface area contributed by atoms with Crippen LogP contribution in [0, 0.1) is 0 Å². The maximum absolute atomic E-state index is 13.0. The van der Waals surface area contributed by atoms with Crippen molar-refractivity contribution in [2.24, 2.45) is 4.99 Å². The van der Waals surface area contributed by atoms with Gasteiger partial charge in [0.05, 0.1) is 21.7 Å². The number of nitrogens with zero attached hydrogens (tertiary/aromatic N) is 3. The molecule has 0 N–H and O–H groups in total. The van der Waals surface area contributed by atoms with Gasteiger partial charge in [0.2, 0.25) is 10.0 Å². The lowest BCUT2D eigenvalue weighted by Gasteiger charge is -2.20. The fraction of sp³-hybridized carbons (Fsp3) is 0.440. The predicted octanol–water partition coefficient (Wildman–Crippen LogP) is 5.06. The van der Waals surface area contributed by atoms with Crippen LogP contribution in [-0.2, 0) is 16.6 Å². The summed E-state index contributed by atoms with van der Waals surface area (Å²) in [5.41, 5.74) is 1.36. The van der Waals surface area contributed by atoms with Gasteiger partial charge in [0.25, 0.3) is 5.91 Å². The monoisotopic (exact) mass is 503 g/mol. The van der Waals surface area contributed by atoms with Gasteiger partial charge in [-0.15, -0.1) is 0 Å². The predicted molar refractivity (Wildman–Crippen MR) is 137 cm³/mol. The number of aryl methyl sites for hydroxylation is 1. The van der Waals surface area contributed by atoms with E-state index < -0.39 is 15.9 Å². The van der Waals surface area contributed by atoms with Gasteiger partial charge in [-0.1, -0.05) is 38.5 Å². The van der Waals surface area contributed by atoms with Crippen LogP contribution in [0.2, 0.25) is 0 Å². The molecule has 0 aliphatic heterocycles. The zero-order valence-corrected chi connectivity index (χ0v) is 21.9. The normalized spacial score (nSPS) is 12.6. The molecule has 3 rings (SSSR count). The van der Waals surface area contributed by atoms with Crippen LogP contribution < -0.4 is 9.54 Å². The average molecular weight is 504 g/mol. The first kappa shape index (κ1) is 26.1. The SMILES string of the molecule is CCCCN(CC)S(=O)(=O)c1ccc(C(=O)N=c2sc3cc(OCC)ccc3n2CCC)cc1. The van der Waals surface area contributed by atoms with Gasteiger partial charge in [-0.25, -0.2) is 8.42 Å². The highest BCUT2D eigenvalue weighted by atomic mass is 32.2. The minimum atomic E-state index is -3.59. The van der Waals surface area contributed by atoms with Crippen molar-refractivity contribution < 1.29 is 17.9 Å². The summed E-state index contributed by atoms with van der Waals surface area (Å²) in [6, 6.07) is 12.0. The van der Waals surface area contributed by atoms with Crippen LogP contribution in [0.15, 0.2) is 52.4 Å². The first-order chi connectivity index (χ1) is 16.3. The van der Waals surface area contributed by atoms with Gasteiger partial charge in [0, 0.05) is 25.2 Å². The minimum Gasteiger partial charge on any atom is -0.494 e. The average Bonchev–Trinajstić information content (AvgIpc) is 3.16. The molecule has 0 radical (unpaired) electrons. The van der Waals surface area contributed by atoms with Crippen molar-refractivity contribution in [1.29, 1.82) is 0 Å². The number of amides is 1. The third-order valence-electron chi connectivity index (χ3n) is 5.46. The highest BCUT2D eigenvalue weighted by molar-refractivity contribution is 7.89. The van der Waals surface area contributed by atoms with E-state index in [1.807, 2.05) is 43.5 Å². The number of fused-ring (bicyclic) bond motifs is 1. The van der Waals surface area contributed by atoms with E-state index in [0.717, 1.165) is 41.8 Å². The summed E-state index contributed by atoms with van der Waals surface area (Å²) in [4.78, 5) is 18.1. The van der Waals surface area contributed by atoms with Crippen molar-refractivity contribution in [2.75, 3.05) is 19.7 Å². The number of benzene rings is 2. The number of unbranched alkanes of at least 4 members (excludes halogenated alkanes) is 1. The molecule has 1 heterocycles. The Morgan fingerprint density at radius 1 is 1.06 bits per heavy atom. The molecule has 0 aliphatic carbocycles. The zero-order valence-electron chi connectivity index (χ0n) is 20.3. The van der Waals surface area contributed by atoms with E-state index in [4.69, 9.17) is 4.74 Å². The Bertz CT molecular complexity index is 1290. The summed E-state index contributed by atoms with van der Waals surface area (Å²) in [5.74, 6) is 0.387. The Morgan fingerprint density at radius 2 is 1.79 bits per heavy atom.